The standard InChI is InChI=1S/C12H6Br2N2O2S/c13-6-1-2-8(9(17)3-6)12-15-11(16-18-12)10-4-7(14)5-19-10/h1-5,17H. The predicted octanol–water partition coefficient (Wildman–Crippen LogP) is 4.70. The Kier molecular flexibility index (Phi) is 3.42. The van der Waals surface area contributed by atoms with Crippen molar-refractivity contribution in [2.75, 3.05) is 0 Å². The van der Waals surface area contributed by atoms with E-state index in [0.717, 1.165) is 13.8 Å². The SMILES string of the molecule is Oc1cc(Br)ccc1-c1nc(-c2cc(Br)cs2)no1. The van der Waals surface area contributed by atoms with Crippen LogP contribution in [0.3, 0.4) is 0 Å². The lowest BCUT2D eigenvalue weighted by Crippen LogP contribution is -1.80. The molecule has 3 rings (SSSR count). The van der Waals surface area contributed by atoms with Crippen molar-refractivity contribution in [3.8, 4) is 27.9 Å². The van der Waals surface area contributed by atoms with Gasteiger partial charge in [0.15, 0.2) is 0 Å². The number of hydrogen-bond donors (Lipinski definition) is 1. The van der Waals surface area contributed by atoms with Gasteiger partial charge in [-0.25, -0.2) is 0 Å². The van der Waals surface area contributed by atoms with Crippen LogP contribution >= 0.6 is 43.2 Å². The highest BCUT2D eigenvalue weighted by Crippen LogP contribution is 2.33. The van der Waals surface area contributed by atoms with Gasteiger partial charge in [-0.1, -0.05) is 21.1 Å². The maximum Gasteiger partial charge on any atom is 0.262 e. The van der Waals surface area contributed by atoms with Gasteiger partial charge in [-0.3, -0.25) is 0 Å². The van der Waals surface area contributed by atoms with Crippen LogP contribution in [0.2, 0.25) is 0 Å². The summed E-state index contributed by atoms with van der Waals surface area (Å²) in [6, 6.07) is 7.03. The quantitative estimate of drug-likeness (QED) is 0.676. The zero-order chi connectivity index (χ0) is 13.4. The number of aromatic hydroxyl groups is 1. The fraction of sp³-hybridized carbons (Fsp3) is 0. The van der Waals surface area contributed by atoms with Crippen LogP contribution < -0.4 is 0 Å². The molecule has 0 fully saturated rings. The van der Waals surface area contributed by atoms with E-state index in [9.17, 15) is 5.11 Å². The Morgan fingerprint density at radius 1 is 1.16 bits per heavy atom. The lowest BCUT2D eigenvalue weighted by molar-refractivity contribution is 0.426. The predicted molar refractivity (Wildman–Crippen MR) is 80.1 cm³/mol. The summed E-state index contributed by atoms with van der Waals surface area (Å²) >= 11 is 8.18. The third kappa shape index (κ3) is 2.58. The molecule has 0 atom stereocenters. The molecule has 7 heteroatoms. The molecule has 2 aromatic heterocycles. The van der Waals surface area contributed by atoms with Crippen LogP contribution in [-0.2, 0) is 0 Å². The van der Waals surface area contributed by atoms with Gasteiger partial charge in [0.25, 0.3) is 5.89 Å². The summed E-state index contributed by atoms with van der Waals surface area (Å²) in [5.41, 5.74) is 0.512. The Balaban J connectivity index is 2.01. The first kappa shape index (κ1) is 12.8. The van der Waals surface area contributed by atoms with Crippen molar-refractivity contribution < 1.29 is 9.63 Å². The Morgan fingerprint density at radius 3 is 2.68 bits per heavy atom. The molecule has 0 aliphatic rings. The van der Waals surface area contributed by atoms with Crippen LogP contribution in [0.1, 0.15) is 0 Å². The van der Waals surface area contributed by atoms with E-state index >= 15 is 0 Å². The van der Waals surface area contributed by atoms with Crippen LogP contribution in [-0.4, -0.2) is 15.2 Å². The Labute approximate surface area is 129 Å². The summed E-state index contributed by atoms with van der Waals surface area (Å²) in [5.74, 6) is 0.898. The zero-order valence-corrected chi connectivity index (χ0v) is 13.3. The number of halogens is 2. The molecule has 1 N–H and O–H groups in total. The molecule has 2 heterocycles. The molecule has 0 amide bonds. The second kappa shape index (κ2) is 5.07. The van der Waals surface area contributed by atoms with E-state index < -0.39 is 0 Å². The number of thiophene rings is 1. The first-order valence-electron chi connectivity index (χ1n) is 5.20. The number of phenolic OH excluding ortho intramolecular Hbond substituents is 1. The van der Waals surface area contributed by atoms with Crippen molar-refractivity contribution in [2.24, 2.45) is 0 Å². The average molecular weight is 402 g/mol. The highest BCUT2D eigenvalue weighted by atomic mass is 79.9. The number of hydrogen-bond acceptors (Lipinski definition) is 5. The molecule has 0 saturated heterocycles. The lowest BCUT2D eigenvalue weighted by atomic mass is 10.2. The number of benzene rings is 1. The van der Waals surface area contributed by atoms with Crippen LogP contribution in [0.25, 0.3) is 22.2 Å². The summed E-state index contributed by atoms with van der Waals surface area (Å²) in [6.07, 6.45) is 0. The van der Waals surface area contributed by atoms with Gasteiger partial charge >= 0.3 is 0 Å². The monoisotopic (exact) mass is 400 g/mol. The van der Waals surface area contributed by atoms with Crippen LogP contribution in [0.15, 0.2) is 43.1 Å². The van der Waals surface area contributed by atoms with Crippen molar-refractivity contribution >= 4 is 43.2 Å². The van der Waals surface area contributed by atoms with Crippen LogP contribution in [0.4, 0.5) is 0 Å². The molecule has 0 aliphatic carbocycles. The highest BCUT2D eigenvalue weighted by Gasteiger charge is 2.15. The van der Waals surface area contributed by atoms with Gasteiger partial charge in [-0.15, -0.1) is 11.3 Å². The maximum atomic E-state index is 9.87. The second-order valence-corrected chi connectivity index (χ2v) is 6.46. The van der Waals surface area contributed by atoms with Crippen molar-refractivity contribution in [3.05, 3.63) is 38.6 Å². The van der Waals surface area contributed by atoms with Gasteiger partial charge in [0.1, 0.15) is 5.75 Å². The molecule has 0 bridgehead atoms. The summed E-state index contributed by atoms with van der Waals surface area (Å²) < 4.78 is 6.95. The first-order chi connectivity index (χ1) is 9.13. The Morgan fingerprint density at radius 2 is 2.00 bits per heavy atom. The van der Waals surface area contributed by atoms with Gasteiger partial charge in [-0.2, -0.15) is 4.98 Å². The van der Waals surface area contributed by atoms with Gasteiger partial charge in [-0.05, 0) is 40.2 Å². The average Bonchev–Trinajstić information content (AvgIpc) is 2.97. The van der Waals surface area contributed by atoms with Gasteiger partial charge < -0.3 is 9.63 Å². The van der Waals surface area contributed by atoms with E-state index in [1.54, 1.807) is 18.2 Å². The molecule has 96 valence electrons. The van der Waals surface area contributed by atoms with E-state index in [0.29, 0.717) is 17.3 Å². The highest BCUT2D eigenvalue weighted by molar-refractivity contribution is 9.10. The van der Waals surface area contributed by atoms with Crippen molar-refractivity contribution in [2.45, 2.75) is 0 Å². The number of phenols is 1. The summed E-state index contributed by atoms with van der Waals surface area (Å²) in [5, 5.41) is 15.7. The lowest BCUT2D eigenvalue weighted by Gasteiger charge is -1.98. The van der Waals surface area contributed by atoms with Gasteiger partial charge in [0.2, 0.25) is 5.82 Å². The largest absolute Gasteiger partial charge is 0.507 e. The Bertz CT molecular complexity index is 739. The molecule has 1 aromatic carbocycles. The molecule has 4 nitrogen and oxygen atoms in total. The van der Waals surface area contributed by atoms with E-state index in [2.05, 4.69) is 42.0 Å². The molecule has 0 unspecified atom stereocenters. The van der Waals surface area contributed by atoms with E-state index in [1.165, 1.54) is 11.3 Å². The molecule has 0 radical (unpaired) electrons. The summed E-state index contributed by atoms with van der Waals surface area (Å²) in [7, 11) is 0. The van der Waals surface area contributed by atoms with E-state index in [4.69, 9.17) is 4.52 Å². The third-order valence-corrected chi connectivity index (χ3v) is 4.58. The van der Waals surface area contributed by atoms with Gasteiger partial charge in [0, 0.05) is 14.3 Å². The maximum absolute atomic E-state index is 9.87. The number of nitrogens with zero attached hydrogens (tertiary/aromatic N) is 2. The van der Waals surface area contributed by atoms with Crippen molar-refractivity contribution in [3.63, 3.8) is 0 Å². The molecular formula is C12H6Br2N2O2S. The number of aromatic nitrogens is 2. The normalized spacial score (nSPS) is 10.8. The van der Waals surface area contributed by atoms with Crippen molar-refractivity contribution in [1.29, 1.82) is 0 Å². The summed E-state index contributed by atoms with van der Waals surface area (Å²) in [6.45, 7) is 0. The third-order valence-electron chi connectivity index (χ3n) is 2.40. The molecule has 19 heavy (non-hydrogen) atoms. The van der Waals surface area contributed by atoms with Crippen LogP contribution in [0.5, 0.6) is 5.75 Å². The molecule has 0 saturated carbocycles. The molecule has 3 aromatic rings. The van der Waals surface area contributed by atoms with Crippen LogP contribution in [0, 0.1) is 0 Å². The Hall–Kier alpha value is -1.18. The number of rotatable bonds is 2. The molecule has 0 spiro atoms. The smallest absolute Gasteiger partial charge is 0.262 e. The van der Waals surface area contributed by atoms with Gasteiger partial charge in [0.05, 0.1) is 10.4 Å². The van der Waals surface area contributed by atoms with Crippen molar-refractivity contribution in [1.82, 2.24) is 10.1 Å². The van der Waals surface area contributed by atoms with E-state index in [1.807, 2.05) is 11.4 Å². The molecular weight excluding hydrogens is 396 g/mol. The topological polar surface area (TPSA) is 59.2 Å². The minimum Gasteiger partial charge on any atom is -0.507 e. The summed E-state index contributed by atoms with van der Waals surface area (Å²) in [4.78, 5) is 5.19. The fourth-order valence-corrected chi connectivity index (χ4v) is 3.25. The fourth-order valence-electron chi connectivity index (χ4n) is 1.55. The first-order valence-corrected chi connectivity index (χ1v) is 7.67. The minimum atomic E-state index is 0.0944. The second-order valence-electron chi connectivity index (χ2n) is 3.71. The van der Waals surface area contributed by atoms with E-state index in [-0.39, 0.29) is 5.75 Å². The minimum absolute atomic E-state index is 0.0944. The molecule has 0 aliphatic heterocycles. The zero-order valence-electron chi connectivity index (χ0n) is 9.30.